The Morgan fingerprint density at radius 1 is 0.786 bits per heavy atom. The van der Waals surface area contributed by atoms with Gasteiger partial charge in [0, 0.05) is 40.5 Å². The number of carbonyl (C=O) groups is 6. The van der Waals surface area contributed by atoms with Crippen LogP contribution in [-0.4, -0.2) is 93.1 Å². The predicted octanol–water partition coefficient (Wildman–Crippen LogP) is 0.625. The maximum atomic E-state index is 12.5. The first kappa shape index (κ1) is 32.5. The zero-order chi connectivity index (χ0) is 31.1. The third kappa shape index (κ3) is 8.06. The number of hydrogen-bond donors (Lipinski definition) is 0. The summed E-state index contributed by atoms with van der Waals surface area (Å²) in [5.41, 5.74) is 0.804. The first-order chi connectivity index (χ1) is 19.8. The summed E-state index contributed by atoms with van der Waals surface area (Å²) in [5, 5.41) is 0. The van der Waals surface area contributed by atoms with Gasteiger partial charge in [0.1, 0.15) is 19.3 Å². The molecule has 15 heteroatoms. The molecular weight excluding hydrogens is 564 g/mol. The van der Waals surface area contributed by atoms with E-state index in [0.29, 0.717) is 12.0 Å². The Kier molecular flexibility index (Phi) is 11.1. The topological polar surface area (TPSA) is 185 Å². The van der Waals surface area contributed by atoms with Gasteiger partial charge in [-0.15, -0.1) is 0 Å². The Bertz CT molecular complexity index is 1140. The second-order valence-electron chi connectivity index (χ2n) is 9.70. The van der Waals surface area contributed by atoms with Gasteiger partial charge in [0.15, 0.2) is 18.3 Å². The molecule has 0 radical (unpaired) electrons. The van der Waals surface area contributed by atoms with Crippen LogP contribution in [0.3, 0.4) is 0 Å². The van der Waals surface area contributed by atoms with Gasteiger partial charge in [-0.2, -0.15) is 0 Å². The van der Waals surface area contributed by atoms with Crippen molar-refractivity contribution in [1.29, 1.82) is 0 Å². The van der Waals surface area contributed by atoms with E-state index in [1.807, 2.05) is 0 Å². The Balaban J connectivity index is 2.01. The zero-order valence-corrected chi connectivity index (χ0v) is 24.0. The summed E-state index contributed by atoms with van der Waals surface area (Å²) in [6, 6.07) is 0. The lowest BCUT2D eigenvalue weighted by Gasteiger charge is -2.45. The normalized spacial score (nSPS) is 29.9. The highest BCUT2D eigenvalue weighted by molar-refractivity contribution is 5.89. The number of fused-ring (bicyclic) bond motifs is 1. The monoisotopic (exact) mass is 598 g/mol. The molecule has 42 heavy (non-hydrogen) atoms. The van der Waals surface area contributed by atoms with E-state index in [-0.39, 0.29) is 12.2 Å². The molecule has 0 aromatic carbocycles. The minimum Gasteiger partial charge on any atom is -0.471 e. The van der Waals surface area contributed by atoms with Gasteiger partial charge >= 0.3 is 35.8 Å². The molecule has 0 aromatic heterocycles. The average Bonchev–Trinajstić information content (AvgIpc) is 3.33. The predicted molar refractivity (Wildman–Crippen MR) is 134 cm³/mol. The summed E-state index contributed by atoms with van der Waals surface area (Å²) in [6.07, 6.45) is -4.93. The fraction of sp³-hybridized carbons (Fsp3) is 0.630. The third-order valence-electron chi connectivity index (χ3n) is 6.60. The summed E-state index contributed by atoms with van der Waals surface area (Å²) in [5.74, 6) is -5.39. The second-order valence-corrected chi connectivity index (χ2v) is 9.70. The molecule has 0 saturated carbocycles. The van der Waals surface area contributed by atoms with Crippen molar-refractivity contribution in [3.8, 4) is 0 Å². The molecule has 0 amide bonds. The number of methoxy groups -OCH3 is 1. The standard InChI is InChI=1S/C27H34O15/c1-12(28)35-9-17-7-8-18-19(25(33)34-6)10-37-26(21(17)18)42-27-24(40-16(5)32)23(39-15(4)31)22(38-14(3)30)20(41-27)11-36-13(2)29/h7,10,18,20-24,26-27H,8-9,11H2,1-6H3/t18-,20+,21-,22+,23-,24+,26+,27-/m1/s1. The van der Waals surface area contributed by atoms with E-state index in [1.165, 1.54) is 20.3 Å². The van der Waals surface area contributed by atoms with Crippen molar-refractivity contribution in [2.45, 2.75) is 78.0 Å². The van der Waals surface area contributed by atoms with E-state index in [4.69, 9.17) is 42.6 Å². The molecular formula is C27H34O15. The molecule has 0 bridgehead atoms. The molecule has 8 atom stereocenters. The first-order valence-corrected chi connectivity index (χ1v) is 13.0. The number of allylic oxidation sites excluding steroid dienone is 1. The number of esters is 6. The molecule has 0 aromatic rings. The van der Waals surface area contributed by atoms with Crippen molar-refractivity contribution < 1.29 is 71.4 Å². The van der Waals surface area contributed by atoms with Crippen LogP contribution in [0, 0.1) is 11.8 Å². The van der Waals surface area contributed by atoms with Crippen LogP contribution in [0.15, 0.2) is 23.5 Å². The molecule has 2 heterocycles. The van der Waals surface area contributed by atoms with Crippen molar-refractivity contribution in [3.05, 3.63) is 23.5 Å². The SMILES string of the molecule is COC(=O)C1=CO[C@@H](O[C@H]2O[C@@H](COC(C)=O)[C@H](OC(C)=O)[C@@H](OC(C)=O)[C@@H]2OC(C)=O)[C@@H]2C(COC(C)=O)=CC[C@H]12. The van der Waals surface area contributed by atoms with Gasteiger partial charge in [-0.1, -0.05) is 6.08 Å². The Labute approximate surface area is 241 Å². The van der Waals surface area contributed by atoms with E-state index in [9.17, 15) is 28.8 Å². The minimum atomic E-state index is -1.53. The largest absolute Gasteiger partial charge is 0.471 e. The van der Waals surface area contributed by atoms with Crippen LogP contribution in [0.2, 0.25) is 0 Å². The van der Waals surface area contributed by atoms with Gasteiger partial charge in [-0.25, -0.2) is 4.79 Å². The van der Waals surface area contributed by atoms with Crippen molar-refractivity contribution in [3.63, 3.8) is 0 Å². The van der Waals surface area contributed by atoms with Crippen LogP contribution in [0.4, 0.5) is 0 Å². The highest BCUT2D eigenvalue weighted by Crippen LogP contribution is 2.45. The fourth-order valence-corrected chi connectivity index (χ4v) is 5.02. The molecule has 1 fully saturated rings. The lowest BCUT2D eigenvalue weighted by Crippen LogP contribution is -2.63. The molecule has 0 N–H and O–H groups in total. The van der Waals surface area contributed by atoms with E-state index in [1.54, 1.807) is 6.08 Å². The molecule has 3 rings (SSSR count). The van der Waals surface area contributed by atoms with Crippen molar-refractivity contribution >= 4 is 35.8 Å². The molecule has 0 spiro atoms. The van der Waals surface area contributed by atoms with Gasteiger partial charge in [0.2, 0.25) is 12.6 Å². The Morgan fingerprint density at radius 3 is 1.95 bits per heavy atom. The summed E-state index contributed by atoms with van der Waals surface area (Å²) < 4.78 is 49.4. The Morgan fingerprint density at radius 2 is 1.38 bits per heavy atom. The minimum absolute atomic E-state index is 0.118. The van der Waals surface area contributed by atoms with Crippen molar-refractivity contribution in [2.24, 2.45) is 11.8 Å². The summed E-state index contributed by atoms with van der Waals surface area (Å²) in [6.45, 7) is 5.14. The van der Waals surface area contributed by atoms with E-state index in [0.717, 1.165) is 27.7 Å². The summed E-state index contributed by atoms with van der Waals surface area (Å²) in [4.78, 5) is 71.8. The van der Waals surface area contributed by atoms with Crippen LogP contribution >= 0.6 is 0 Å². The zero-order valence-electron chi connectivity index (χ0n) is 24.0. The van der Waals surface area contributed by atoms with Crippen LogP contribution < -0.4 is 0 Å². The van der Waals surface area contributed by atoms with Gasteiger partial charge in [-0.3, -0.25) is 24.0 Å². The lowest BCUT2D eigenvalue weighted by atomic mass is 9.83. The van der Waals surface area contributed by atoms with Crippen LogP contribution in [-0.2, 0) is 71.4 Å². The third-order valence-corrected chi connectivity index (χ3v) is 6.60. The molecule has 1 aliphatic carbocycles. The smallest absolute Gasteiger partial charge is 0.337 e. The van der Waals surface area contributed by atoms with Gasteiger partial charge in [0.05, 0.1) is 24.9 Å². The van der Waals surface area contributed by atoms with Crippen LogP contribution in [0.5, 0.6) is 0 Å². The number of hydrogen-bond acceptors (Lipinski definition) is 15. The highest BCUT2D eigenvalue weighted by atomic mass is 16.8. The molecule has 1 saturated heterocycles. The molecule has 15 nitrogen and oxygen atoms in total. The van der Waals surface area contributed by atoms with Gasteiger partial charge in [0.25, 0.3) is 0 Å². The van der Waals surface area contributed by atoms with E-state index >= 15 is 0 Å². The van der Waals surface area contributed by atoms with Gasteiger partial charge in [-0.05, 0) is 12.0 Å². The van der Waals surface area contributed by atoms with Crippen molar-refractivity contribution in [2.75, 3.05) is 20.3 Å². The molecule has 3 aliphatic rings. The van der Waals surface area contributed by atoms with Crippen LogP contribution in [0.25, 0.3) is 0 Å². The molecule has 0 unspecified atom stereocenters. The number of carbonyl (C=O) groups excluding carboxylic acids is 6. The highest BCUT2D eigenvalue weighted by Gasteiger charge is 2.55. The summed E-state index contributed by atoms with van der Waals surface area (Å²) in [7, 11) is 1.22. The fourth-order valence-electron chi connectivity index (χ4n) is 5.02. The molecule has 2 aliphatic heterocycles. The lowest BCUT2D eigenvalue weighted by molar-refractivity contribution is -0.342. The maximum Gasteiger partial charge on any atom is 0.337 e. The van der Waals surface area contributed by atoms with E-state index in [2.05, 4.69) is 0 Å². The average molecular weight is 599 g/mol. The summed E-state index contributed by atoms with van der Waals surface area (Å²) >= 11 is 0. The maximum absolute atomic E-state index is 12.5. The van der Waals surface area contributed by atoms with Gasteiger partial charge < -0.3 is 42.6 Å². The van der Waals surface area contributed by atoms with E-state index < -0.39 is 91.3 Å². The van der Waals surface area contributed by atoms with Crippen LogP contribution in [0.1, 0.15) is 41.0 Å². The number of ether oxygens (including phenoxy) is 9. The first-order valence-electron chi connectivity index (χ1n) is 13.0. The van der Waals surface area contributed by atoms with Crippen molar-refractivity contribution in [1.82, 2.24) is 0 Å². The quantitative estimate of drug-likeness (QED) is 0.193. The molecule has 232 valence electrons. The number of rotatable bonds is 10. The second kappa shape index (κ2) is 14.3. The Hall–Kier alpha value is -3.98.